The highest BCUT2D eigenvalue weighted by atomic mass is 15.2. The first-order valence-electron chi connectivity index (χ1n) is 5.39. The topological polar surface area (TPSA) is 15.3 Å². The van der Waals surface area contributed by atoms with Gasteiger partial charge >= 0.3 is 0 Å². The Labute approximate surface area is 82.7 Å². The van der Waals surface area contributed by atoms with Crippen molar-refractivity contribution in [2.45, 2.75) is 39.7 Å². The molecule has 13 heavy (non-hydrogen) atoms. The quantitative estimate of drug-likeness (QED) is 0.718. The van der Waals surface area contributed by atoms with Crippen LogP contribution in [0.3, 0.4) is 0 Å². The van der Waals surface area contributed by atoms with Crippen molar-refractivity contribution in [1.82, 2.24) is 10.2 Å². The molecule has 1 heterocycles. The van der Waals surface area contributed by atoms with Crippen LogP contribution >= 0.6 is 0 Å². The Bertz CT molecular complexity index is 149. The summed E-state index contributed by atoms with van der Waals surface area (Å²) in [6.45, 7) is 10.6. The van der Waals surface area contributed by atoms with Gasteiger partial charge in [0.05, 0.1) is 0 Å². The number of nitrogens with one attached hydrogen (secondary N) is 1. The van der Waals surface area contributed by atoms with Crippen LogP contribution in [0.15, 0.2) is 0 Å². The molecule has 0 amide bonds. The van der Waals surface area contributed by atoms with Crippen molar-refractivity contribution in [2.75, 3.05) is 26.7 Å². The van der Waals surface area contributed by atoms with Gasteiger partial charge < -0.3 is 10.2 Å². The third-order valence-corrected chi connectivity index (χ3v) is 2.70. The largest absolute Gasteiger partial charge is 0.313 e. The average Bonchev–Trinajstić information content (AvgIpc) is 2.33. The van der Waals surface area contributed by atoms with Gasteiger partial charge in [0.2, 0.25) is 0 Å². The Kier molecular flexibility index (Phi) is 3.74. The molecule has 1 aliphatic rings. The fraction of sp³-hybridized carbons (Fsp3) is 1.00. The molecular formula is C11H24N2. The predicted molar refractivity (Wildman–Crippen MR) is 58.0 cm³/mol. The summed E-state index contributed by atoms with van der Waals surface area (Å²) in [4.78, 5) is 2.40. The van der Waals surface area contributed by atoms with Crippen molar-refractivity contribution in [2.24, 2.45) is 5.41 Å². The van der Waals surface area contributed by atoms with Crippen LogP contribution in [0.1, 0.15) is 33.6 Å². The van der Waals surface area contributed by atoms with Gasteiger partial charge in [-0.15, -0.1) is 0 Å². The minimum atomic E-state index is 0.470. The Balaban J connectivity index is 2.07. The van der Waals surface area contributed by atoms with Gasteiger partial charge in [0.25, 0.3) is 0 Å². The molecule has 0 radical (unpaired) electrons. The molecule has 1 rings (SSSR count). The number of likely N-dealkylation sites (tertiary alicyclic amines) is 1. The van der Waals surface area contributed by atoms with E-state index in [0.717, 1.165) is 6.04 Å². The molecule has 0 aromatic carbocycles. The summed E-state index contributed by atoms with van der Waals surface area (Å²) in [5, 5.41) is 3.63. The second kappa shape index (κ2) is 4.43. The standard InChI is InChI=1S/C11H24N2/c1-11(2,3)6-7-12-10-5-8-13(4)9-10/h10,12H,5-9H2,1-4H3. The molecule has 1 saturated heterocycles. The van der Waals surface area contributed by atoms with Crippen LogP contribution in [0.4, 0.5) is 0 Å². The minimum absolute atomic E-state index is 0.470. The molecule has 78 valence electrons. The maximum absolute atomic E-state index is 3.63. The van der Waals surface area contributed by atoms with E-state index in [-0.39, 0.29) is 0 Å². The first-order chi connectivity index (χ1) is 5.97. The van der Waals surface area contributed by atoms with E-state index in [1.165, 1.54) is 32.5 Å². The van der Waals surface area contributed by atoms with Crippen LogP contribution in [0, 0.1) is 5.41 Å². The lowest BCUT2D eigenvalue weighted by Crippen LogP contribution is -2.33. The van der Waals surface area contributed by atoms with E-state index in [1.54, 1.807) is 0 Å². The first-order valence-corrected chi connectivity index (χ1v) is 5.39. The summed E-state index contributed by atoms with van der Waals surface area (Å²) in [6, 6.07) is 0.743. The number of nitrogens with zero attached hydrogens (tertiary/aromatic N) is 1. The Hall–Kier alpha value is -0.0800. The fourth-order valence-electron chi connectivity index (χ4n) is 1.75. The van der Waals surface area contributed by atoms with Crippen LogP contribution in [0.5, 0.6) is 0 Å². The zero-order valence-electron chi connectivity index (χ0n) is 9.56. The number of likely N-dealkylation sites (N-methyl/N-ethyl adjacent to an activating group) is 1. The van der Waals surface area contributed by atoms with Crippen molar-refractivity contribution < 1.29 is 0 Å². The molecule has 1 unspecified atom stereocenters. The molecular weight excluding hydrogens is 160 g/mol. The Morgan fingerprint density at radius 1 is 1.38 bits per heavy atom. The summed E-state index contributed by atoms with van der Waals surface area (Å²) in [7, 11) is 2.20. The third-order valence-electron chi connectivity index (χ3n) is 2.70. The van der Waals surface area contributed by atoms with E-state index in [4.69, 9.17) is 0 Å². The highest BCUT2D eigenvalue weighted by molar-refractivity contribution is 4.79. The number of rotatable bonds is 3. The lowest BCUT2D eigenvalue weighted by Gasteiger charge is -2.20. The van der Waals surface area contributed by atoms with Crippen molar-refractivity contribution in [3.05, 3.63) is 0 Å². The summed E-state index contributed by atoms with van der Waals surface area (Å²) in [6.07, 6.45) is 2.59. The molecule has 2 nitrogen and oxygen atoms in total. The highest BCUT2D eigenvalue weighted by Crippen LogP contribution is 2.17. The molecule has 0 aromatic rings. The molecule has 0 spiro atoms. The molecule has 1 aliphatic heterocycles. The molecule has 0 aromatic heterocycles. The molecule has 0 bridgehead atoms. The average molecular weight is 184 g/mol. The Morgan fingerprint density at radius 2 is 2.08 bits per heavy atom. The zero-order chi connectivity index (χ0) is 9.90. The molecule has 1 fully saturated rings. The van der Waals surface area contributed by atoms with Crippen molar-refractivity contribution in [3.8, 4) is 0 Å². The Morgan fingerprint density at radius 3 is 2.54 bits per heavy atom. The molecule has 1 N–H and O–H groups in total. The molecule has 1 atom stereocenters. The van der Waals surface area contributed by atoms with E-state index in [1.807, 2.05) is 0 Å². The summed E-state index contributed by atoms with van der Waals surface area (Å²) >= 11 is 0. The molecule has 0 saturated carbocycles. The van der Waals surface area contributed by atoms with Gasteiger partial charge in [-0.25, -0.2) is 0 Å². The highest BCUT2D eigenvalue weighted by Gasteiger charge is 2.19. The van der Waals surface area contributed by atoms with Crippen molar-refractivity contribution in [3.63, 3.8) is 0 Å². The van der Waals surface area contributed by atoms with Gasteiger partial charge in [-0.3, -0.25) is 0 Å². The van der Waals surface area contributed by atoms with E-state index in [0.29, 0.717) is 5.41 Å². The van der Waals surface area contributed by atoms with Crippen LogP contribution < -0.4 is 5.32 Å². The number of hydrogen-bond donors (Lipinski definition) is 1. The predicted octanol–water partition coefficient (Wildman–Crippen LogP) is 1.72. The van der Waals surface area contributed by atoms with Gasteiger partial charge in [0.1, 0.15) is 0 Å². The maximum atomic E-state index is 3.63. The van der Waals surface area contributed by atoms with E-state index >= 15 is 0 Å². The van der Waals surface area contributed by atoms with Crippen LogP contribution in [-0.2, 0) is 0 Å². The second-order valence-electron chi connectivity index (χ2n) is 5.51. The van der Waals surface area contributed by atoms with Gasteiger partial charge in [-0.05, 0) is 38.4 Å². The van der Waals surface area contributed by atoms with Crippen molar-refractivity contribution in [1.29, 1.82) is 0 Å². The van der Waals surface area contributed by atoms with Crippen LogP contribution in [0.25, 0.3) is 0 Å². The molecule has 0 aliphatic carbocycles. The lowest BCUT2D eigenvalue weighted by molar-refractivity contribution is 0.347. The van der Waals surface area contributed by atoms with Crippen molar-refractivity contribution >= 4 is 0 Å². The maximum Gasteiger partial charge on any atom is 0.0207 e. The SMILES string of the molecule is CN1CCC(NCCC(C)(C)C)C1. The zero-order valence-corrected chi connectivity index (χ0v) is 9.56. The van der Waals surface area contributed by atoms with Crippen LogP contribution in [0.2, 0.25) is 0 Å². The minimum Gasteiger partial charge on any atom is -0.313 e. The van der Waals surface area contributed by atoms with E-state index < -0.39 is 0 Å². The second-order valence-corrected chi connectivity index (χ2v) is 5.51. The third kappa shape index (κ3) is 4.63. The van der Waals surface area contributed by atoms with E-state index in [2.05, 4.69) is 38.0 Å². The normalized spacial score (nSPS) is 25.4. The summed E-state index contributed by atoms with van der Waals surface area (Å²) < 4.78 is 0. The van der Waals surface area contributed by atoms with Gasteiger partial charge in [0, 0.05) is 12.6 Å². The smallest absolute Gasteiger partial charge is 0.0207 e. The lowest BCUT2D eigenvalue weighted by atomic mass is 9.92. The summed E-state index contributed by atoms with van der Waals surface area (Å²) in [5.41, 5.74) is 0.470. The fourth-order valence-corrected chi connectivity index (χ4v) is 1.75. The van der Waals surface area contributed by atoms with Gasteiger partial charge in [0.15, 0.2) is 0 Å². The summed E-state index contributed by atoms with van der Waals surface area (Å²) in [5.74, 6) is 0. The van der Waals surface area contributed by atoms with E-state index in [9.17, 15) is 0 Å². The van der Waals surface area contributed by atoms with Crippen LogP contribution in [-0.4, -0.2) is 37.6 Å². The first kappa shape index (κ1) is 11.0. The van der Waals surface area contributed by atoms with Gasteiger partial charge in [-0.1, -0.05) is 20.8 Å². The molecule has 2 heteroatoms. The number of hydrogen-bond acceptors (Lipinski definition) is 2. The monoisotopic (exact) mass is 184 g/mol. The van der Waals surface area contributed by atoms with Gasteiger partial charge in [-0.2, -0.15) is 0 Å².